The number of β-amino-alcohol motifs (C(OH)–C–C–N with tert-alkyl or cyclic N) is 1. The molecule has 1 aliphatic carbocycles. The fourth-order valence-electron chi connectivity index (χ4n) is 8.88. The fourth-order valence-corrected chi connectivity index (χ4v) is 9.69. The number of nitrogens with zero attached hydrogens (tertiary/aromatic N) is 4. The normalized spacial score (nSPS) is 16.7. The summed E-state index contributed by atoms with van der Waals surface area (Å²) in [4.78, 5) is 87.0. The Morgan fingerprint density at radius 2 is 1.68 bits per heavy atom. The minimum absolute atomic E-state index is 0.00853. The molecule has 1 aliphatic heterocycles. The van der Waals surface area contributed by atoms with Crippen LogP contribution in [0.25, 0.3) is 21.8 Å². The number of hydrogen-bond acceptors (Lipinski definition) is 13. The van der Waals surface area contributed by atoms with E-state index >= 15 is 0 Å². The molecule has 6 N–H and O–H groups in total. The van der Waals surface area contributed by atoms with E-state index < -0.39 is 35.4 Å². The number of hydrogen-bond donors (Lipinski definition) is 6. The number of aryl methyl sites for hydroxylation is 2. The minimum atomic E-state index is -0.915. The minimum Gasteiger partial charge on any atom is -0.507 e. The number of rotatable bonds is 20. The van der Waals surface area contributed by atoms with Crippen LogP contribution < -0.4 is 26.0 Å². The third-order valence-electron chi connectivity index (χ3n) is 12.9. The number of nitrogens with one attached hydrogen (secondary N) is 4. The summed E-state index contributed by atoms with van der Waals surface area (Å²) >= 11 is 1.57. The fraction of sp³-hybridized carbons (Fsp3) is 0.434. The van der Waals surface area contributed by atoms with Crippen molar-refractivity contribution in [3.8, 4) is 33.3 Å². The predicted octanol–water partition coefficient (Wildman–Crippen LogP) is 5.85. The summed E-state index contributed by atoms with van der Waals surface area (Å²) in [6.45, 7) is 7.99. The van der Waals surface area contributed by atoms with Crippen molar-refractivity contribution in [1.82, 2.24) is 41.2 Å². The second-order valence-corrected chi connectivity index (χ2v) is 20.5. The van der Waals surface area contributed by atoms with Crippen LogP contribution in [0, 0.1) is 12.3 Å². The molecule has 382 valence electrons. The van der Waals surface area contributed by atoms with Gasteiger partial charge in [0, 0.05) is 58.2 Å². The van der Waals surface area contributed by atoms with Crippen LogP contribution in [0.5, 0.6) is 11.5 Å². The molecule has 5 aromatic rings. The van der Waals surface area contributed by atoms with Gasteiger partial charge < -0.3 is 50.5 Å². The number of benzene rings is 3. The van der Waals surface area contributed by atoms with Gasteiger partial charge in [0.05, 0.1) is 33.8 Å². The smallest absolute Gasteiger partial charge is 0.273 e. The Labute approximate surface area is 422 Å². The lowest BCUT2D eigenvalue weighted by Crippen LogP contribution is -2.57. The zero-order valence-corrected chi connectivity index (χ0v) is 42.4. The molecule has 0 unspecified atom stereocenters. The van der Waals surface area contributed by atoms with Gasteiger partial charge in [-0.1, -0.05) is 75.2 Å². The van der Waals surface area contributed by atoms with Crippen molar-refractivity contribution in [3.63, 3.8) is 0 Å². The lowest BCUT2D eigenvalue weighted by Gasteiger charge is -2.35. The Hall–Kier alpha value is -7.12. The molecule has 7 rings (SSSR count). The van der Waals surface area contributed by atoms with Crippen LogP contribution in [0.15, 0.2) is 76.8 Å². The van der Waals surface area contributed by atoms with Gasteiger partial charge in [0.2, 0.25) is 17.7 Å². The van der Waals surface area contributed by atoms with Crippen molar-refractivity contribution >= 4 is 46.8 Å². The second-order valence-electron chi connectivity index (χ2n) is 19.7. The molecule has 0 radical (unpaired) electrons. The van der Waals surface area contributed by atoms with E-state index in [1.165, 1.54) is 28.0 Å². The first-order valence-electron chi connectivity index (χ1n) is 24.3. The topological polar surface area (TPSA) is 246 Å². The van der Waals surface area contributed by atoms with Gasteiger partial charge in [-0.3, -0.25) is 28.8 Å². The summed E-state index contributed by atoms with van der Waals surface area (Å²) in [7, 11) is 3.17. The molecule has 3 heterocycles. The zero-order valence-electron chi connectivity index (χ0n) is 41.6. The van der Waals surface area contributed by atoms with Crippen LogP contribution in [0.2, 0.25) is 0 Å². The largest absolute Gasteiger partial charge is 0.507 e. The highest BCUT2D eigenvalue weighted by molar-refractivity contribution is 7.13. The van der Waals surface area contributed by atoms with Gasteiger partial charge in [-0.05, 0) is 84.5 Å². The number of aromatic hydroxyl groups is 1. The molecule has 0 spiro atoms. The number of carbonyl (C=O) groups excluding carboxylic acids is 6. The highest BCUT2D eigenvalue weighted by atomic mass is 32.1. The van der Waals surface area contributed by atoms with Crippen LogP contribution in [-0.2, 0) is 32.1 Å². The summed E-state index contributed by atoms with van der Waals surface area (Å²) in [6.07, 6.45) is 3.58. The molecule has 4 atom stereocenters. The van der Waals surface area contributed by atoms with E-state index in [0.717, 1.165) is 52.1 Å². The second kappa shape index (κ2) is 23.4. The first-order chi connectivity index (χ1) is 34.4. The number of phenols is 1. The van der Waals surface area contributed by atoms with E-state index in [4.69, 9.17) is 9.26 Å². The molecule has 72 heavy (non-hydrogen) atoms. The molecule has 1 fully saturated rings. The summed E-state index contributed by atoms with van der Waals surface area (Å²) < 4.78 is 11.2. The number of aliphatic hydroxyl groups excluding tert-OH is 1. The Morgan fingerprint density at radius 1 is 0.931 bits per heavy atom. The van der Waals surface area contributed by atoms with Crippen LogP contribution in [0.3, 0.4) is 0 Å². The number of carbonyl (C=O) groups is 6. The van der Waals surface area contributed by atoms with Gasteiger partial charge in [0.25, 0.3) is 17.7 Å². The summed E-state index contributed by atoms with van der Waals surface area (Å²) in [5.74, 6) is -1.64. The lowest BCUT2D eigenvalue weighted by molar-refractivity contribution is -0.144. The number of likely N-dealkylation sites (tertiary alicyclic amines) is 1. The van der Waals surface area contributed by atoms with E-state index in [-0.39, 0.29) is 85.0 Å². The maximum absolute atomic E-state index is 14.0. The molecular formula is C53H64N8O10S. The lowest BCUT2D eigenvalue weighted by atomic mass is 9.85. The molecule has 6 amide bonds. The van der Waals surface area contributed by atoms with Crippen LogP contribution in [0.4, 0.5) is 0 Å². The molecule has 19 heteroatoms. The van der Waals surface area contributed by atoms with Crippen LogP contribution >= 0.6 is 11.3 Å². The number of aromatic nitrogens is 2. The van der Waals surface area contributed by atoms with Gasteiger partial charge in [-0.15, -0.1) is 11.3 Å². The third-order valence-corrected chi connectivity index (χ3v) is 13.9. The van der Waals surface area contributed by atoms with Gasteiger partial charge in [-0.25, -0.2) is 4.98 Å². The van der Waals surface area contributed by atoms with E-state index in [0.29, 0.717) is 37.1 Å². The Kier molecular flexibility index (Phi) is 17.1. The molecule has 1 saturated heterocycles. The molecule has 2 aromatic heterocycles. The molecule has 0 saturated carbocycles. The first-order valence-corrected chi connectivity index (χ1v) is 25.1. The SMILES string of the molecule is Cc1ncsc1-c1ccc(CNC(=O)[C@@H]2C[C@@H](O)CN2C(=O)[C@@H](NC(=O)CCCCCCNC(=O)COc2ccc3c(c2)[C@H](NC(=O)c2cc(-c4ccc(C(=O)N(C)C)c(O)c4)on2)CC3)C(C)(C)C)cc1. The number of ether oxygens (including phenoxy) is 1. The standard InChI is InChI=1S/C53H64N8O10S/c1-31-47(72-30-56-31)34-14-12-32(13-15-34)27-55-50(67)42-24-36(62)28-61(42)52(69)48(53(2,3)4)58-45(64)11-9-7-8-10-22-54-46(65)29-70-37-19-16-33-18-21-40(39(33)25-37)57-49(66)41-26-44(71-59-41)35-17-20-38(43(63)23-35)51(68)60(5)6/h12-17,19-20,23,25-26,30,36,40,42,48,62-63H,7-11,18,21-22,24,27-29H2,1-6H3,(H,54,65)(H,55,67)(H,57,66)(H,58,64)/t36-,40-,42+,48-/m1/s1. The molecule has 2 aliphatic rings. The average molecular weight is 1010 g/mol. The van der Waals surface area contributed by atoms with Crippen LogP contribution in [0.1, 0.15) is 115 Å². The average Bonchev–Trinajstić information content (AvgIpc) is 4.18. The number of amides is 6. The van der Waals surface area contributed by atoms with E-state index in [2.05, 4.69) is 31.4 Å². The maximum Gasteiger partial charge on any atom is 0.273 e. The predicted molar refractivity (Wildman–Crippen MR) is 270 cm³/mol. The monoisotopic (exact) mass is 1000 g/mol. The quantitative estimate of drug-likeness (QED) is 0.0503. The van der Waals surface area contributed by atoms with E-state index in [9.17, 15) is 39.0 Å². The van der Waals surface area contributed by atoms with Crippen molar-refractivity contribution < 1.29 is 48.2 Å². The number of fused-ring (bicyclic) bond motifs is 1. The number of phenolic OH excluding ortho intramolecular Hbond substituents is 1. The number of aliphatic hydroxyl groups is 1. The third kappa shape index (κ3) is 13.2. The van der Waals surface area contributed by atoms with Gasteiger partial charge in [-0.2, -0.15) is 0 Å². The zero-order chi connectivity index (χ0) is 51.7. The summed E-state index contributed by atoms with van der Waals surface area (Å²) in [6, 6.07) is 17.2. The van der Waals surface area contributed by atoms with E-state index in [1.807, 2.05) is 69.6 Å². The van der Waals surface area contributed by atoms with Gasteiger partial charge in [0.1, 0.15) is 23.6 Å². The van der Waals surface area contributed by atoms with Crippen molar-refractivity contribution in [1.29, 1.82) is 0 Å². The van der Waals surface area contributed by atoms with Crippen molar-refractivity contribution in [2.75, 3.05) is 33.8 Å². The number of thiazole rings is 1. The van der Waals surface area contributed by atoms with Gasteiger partial charge in [0.15, 0.2) is 18.1 Å². The van der Waals surface area contributed by atoms with Crippen molar-refractivity contribution in [2.24, 2.45) is 5.41 Å². The van der Waals surface area contributed by atoms with Crippen LogP contribution in [-0.4, -0.2) is 118 Å². The molecule has 3 aromatic carbocycles. The van der Waals surface area contributed by atoms with E-state index in [1.54, 1.807) is 37.6 Å². The summed E-state index contributed by atoms with van der Waals surface area (Å²) in [5, 5.41) is 36.7. The Balaban J connectivity index is 0.794. The van der Waals surface area contributed by atoms with Crippen molar-refractivity contribution in [2.45, 2.75) is 110 Å². The first kappa shape index (κ1) is 52.7. The Morgan fingerprint density at radius 3 is 2.39 bits per heavy atom. The number of unbranched alkanes of at least 4 members (excludes halogenated alkanes) is 3. The molecular weight excluding hydrogens is 941 g/mol. The highest BCUT2D eigenvalue weighted by Crippen LogP contribution is 2.35. The maximum atomic E-state index is 14.0. The highest BCUT2D eigenvalue weighted by Gasteiger charge is 2.44. The molecule has 18 nitrogen and oxygen atoms in total. The van der Waals surface area contributed by atoms with Crippen molar-refractivity contribution in [3.05, 3.63) is 106 Å². The molecule has 0 bridgehead atoms. The Bertz CT molecular complexity index is 2760. The summed E-state index contributed by atoms with van der Waals surface area (Å²) in [5.41, 5.74) is 6.59. The van der Waals surface area contributed by atoms with Gasteiger partial charge >= 0.3 is 0 Å².